The van der Waals surface area contributed by atoms with Crippen molar-refractivity contribution in [1.29, 1.82) is 0 Å². The zero-order chi connectivity index (χ0) is 14.8. The summed E-state index contributed by atoms with van der Waals surface area (Å²) < 4.78 is 47.4. The molecule has 1 N–H and O–H groups in total. The number of carbonyl (C=O) groups excluding carboxylic acids is 1. The van der Waals surface area contributed by atoms with Gasteiger partial charge in [0.1, 0.15) is 5.03 Å². The monoisotopic (exact) mass is 322 g/mol. The molecule has 0 spiro atoms. The van der Waals surface area contributed by atoms with Gasteiger partial charge in [0.2, 0.25) is 0 Å². The maximum Gasteiger partial charge on any atom is 0.290 e. The first-order valence-corrected chi connectivity index (χ1v) is 8.48. The van der Waals surface area contributed by atoms with E-state index in [4.69, 9.17) is 0 Å². The summed E-state index contributed by atoms with van der Waals surface area (Å²) in [5, 5.41) is 2.48. The number of aromatic nitrogens is 1. The Morgan fingerprint density at radius 2 is 2.25 bits per heavy atom. The van der Waals surface area contributed by atoms with Crippen LogP contribution in [0.25, 0.3) is 0 Å². The third-order valence-electron chi connectivity index (χ3n) is 2.78. The van der Waals surface area contributed by atoms with Crippen molar-refractivity contribution in [2.24, 2.45) is 0 Å². The van der Waals surface area contributed by atoms with Crippen LogP contribution in [0.2, 0.25) is 0 Å². The maximum atomic E-state index is 12.4. The minimum absolute atomic E-state index is 0.0297. The number of nitrogens with one attached hydrogen (secondary N) is 1. The summed E-state index contributed by atoms with van der Waals surface area (Å²) in [5.41, 5.74) is 0.0297. The molecule has 1 aromatic heterocycles. The normalized spacial score (nSPS) is 21.1. The Labute approximate surface area is 119 Å². The van der Waals surface area contributed by atoms with Crippen molar-refractivity contribution in [3.8, 4) is 0 Å². The van der Waals surface area contributed by atoms with Crippen molar-refractivity contribution >= 4 is 27.5 Å². The van der Waals surface area contributed by atoms with E-state index in [0.29, 0.717) is 6.42 Å². The summed E-state index contributed by atoms with van der Waals surface area (Å²) in [6.07, 6.45) is 1.66. The van der Waals surface area contributed by atoms with Crippen LogP contribution < -0.4 is 5.32 Å². The lowest BCUT2D eigenvalue weighted by Crippen LogP contribution is -2.35. The van der Waals surface area contributed by atoms with Crippen molar-refractivity contribution < 1.29 is 22.0 Å². The predicted octanol–water partition coefficient (Wildman–Crippen LogP) is 1.31. The van der Waals surface area contributed by atoms with Gasteiger partial charge in [0, 0.05) is 12.2 Å². The second kappa shape index (κ2) is 6.04. The van der Waals surface area contributed by atoms with Crippen LogP contribution in [0.15, 0.2) is 23.4 Å². The van der Waals surface area contributed by atoms with Crippen LogP contribution >= 0.6 is 11.8 Å². The van der Waals surface area contributed by atoms with Crippen LogP contribution in [0.5, 0.6) is 0 Å². The number of thioether (sulfide) groups is 1. The van der Waals surface area contributed by atoms with Crippen LogP contribution in [-0.4, -0.2) is 42.6 Å². The third kappa shape index (κ3) is 3.89. The fourth-order valence-corrected chi connectivity index (χ4v) is 4.17. The molecule has 1 atom stereocenters. The average Bonchev–Trinajstić information content (AvgIpc) is 2.68. The highest BCUT2D eigenvalue weighted by Crippen LogP contribution is 2.26. The summed E-state index contributed by atoms with van der Waals surface area (Å²) in [6, 6.07) is 2.38. The highest BCUT2D eigenvalue weighted by atomic mass is 32.2. The molecule has 1 aliphatic heterocycles. The number of nitrogens with zero attached hydrogens (tertiary/aromatic N) is 1. The fraction of sp³-hybridized carbons (Fsp3) is 0.455. The molecule has 0 unspecified atom stereocenters. The van der Waals surface area contributed by atoms with E-state index < -0.39 is 27.5 Å². The fourth-order valence-electron chi connectivity index (χ4n) is 1.91. The van der Waals surface area contributed by atoms with Gasteiger partial charge < -0.3 is 5.32 Å². The quantitative estimate of drug-likeness (QED) is 0.846. The molecule has 5 nitrogen and oxygen atoms in total. The van der Waals surface area contributed by atoms with Crippen LogP contribution in [0.3, 0.4) is 0 Å². The number of amides is 1. The number of rotatable bonds is 4. The van der Waals surface area contributed by atoms with Gasteiger partial charge in [-0.05, 0) is 30.3 Å². The number of alkyl halides is 2. The topological polar surface area (TPSA) is 76.1 Å². The highest BCUT2D eigenvalue weighted by Gasteiger charge is 2.29. The van der Waals surface area contributed by atoms with Crippen molar-refractivity contribution in [3.63, 3.8) is 0 Å². The van der Waals surface area contributed by atoms with E-state index in [1.165, 1.54) is 18.3 Å². The van der Waals surface area contributed by atoms with Gasteiger partial charge in [-0.2, -0.15) is 8.78 Å². The summed E-state index contributed by atoms with van der Waals surface area (Å²) in [6.45, 7) is 0. The van der Waals surface area contributed by atoms with E-state index in [0.717, 1.165) is 0 Å². The van der Waals surface area contributed by atoms with Gasteiger partial charge in [0.05, 0.1) is 17.1 Å². The number of hydrogen-bond acceptors (Lipinski definition) is 5. The lowest BCUT2D eigenvalue weighted by molar-refractivity contribution is 0.0937. The molecule has 2 rings (SSSR count). The lowest BCUT2D eigenvalue weighted by atomic mass is 10.2. The second-order valence-electron chi connectivity index (χ2n) is 4.31. The Morgan fingerprint density at radius 1 is 1.50 bits per heavy atom. The molecule has 1 saturated heterocycles. The first-order valence-electron chi connectivity index (χ1n) is 5.78. The standard InChI is InChI=1S/C11H12F2N2O3S2/c12-11(13)19-10-8(2-1-4-14-10)9(16)15-7-3-5-20(17,18)6-7/h1-2,4,7,11H,3,5-6H2,(H,15,16)/t7-/m0/s1. The minimum Gasteiger partial charge on any atom is -0.348 e. The molecular weight excluding hydrogens is 310 g/mol. The van der Waals surface area contributed by atoms with Crippen LogP contribution in [-0.2, 0) is 9.84 Å². The van der Waals surface area contributed by atoms with E-state index >= 15 is 0 Å². The summed E-state index contributed by atoms with van der Waals surface area (Å²) >= 11 is 0.188. The zero-order valence-electron chi connectivity index (χ0n) is 10.3. The Hall–Kier alpha value is -1.22. The largest absolute Gasteiger partial charge is 0.348 e. The van der Waals surface area contributed by atoms with Gasteiger partial charge in [0.15, 0.2) is 9.84 Å². The third-order valence-corrected chi connectivity index (χ3v) is 5.28. The number of sulfone groups is 1. The molecule has 0 bridgehead atoms. The van der Waals surface area contributed by atoms with Crippen LogP contribution in [0.1, 0.15) is 16.8 Å². The van der Waals surface area contributed by atoms with Gasteiger partial charge in [-0.1, -0.05) is 0 Å². The van der Waals surface area contributed by atoms with Gasteiger partial charge in [-0.15, -0.1) is 0 Å². The molecule has 0 aliphatic carbocycles. The van der Waals surface area contributed by atoms with Gasteiger partial charge in [-0.3, -0.25) is 4.79 Å². The molecule has 0 saturated carbocycles. The van der Waals surface area contributed by atoms with Crippen molar-refractivity contribution in [2.45, 2.75) is 23.2 Å². The summed E-state index contributed by atoms with van der Waals surface area (Å²) in [5.74, 6) is -3.34. The second-order valence-corrected chi connectivity index (χ2v) is 7.52. The maximum absolute atomic E-state index is 12.4. The molecular formula is C11H12F2N2O3S2. The van der Waals surface area contributed by atoms with Crippen LogP contribution in [0, 0.1) is 0 Å². The van der Waals surface area contributed by atoms with Gasteiger partial charge in [-0.25, -0.2) is 13.4 Å². The first-order chi connectivity index (χ1) is 9.37. The van der Waals surface area contributed by atoms with Crippen LogP contribution in [0.4, 0.5) is 8.78 Å². The molecule has 1 amide bonds. The van der Waals surface area contributed by atoms with E-state index in [2.05, 4.69) is 10.3 Å². The highest BCUT2D eigenvalue weighted by molar-refractivity contribution is 7.99. The first kappa shape index (κ1) is 15.2. The van der Waals surface area contributed by atoms with Crippen molar-refractivity contribution in [3.05, 3.63) is 23.9 Å². The van der Waals surface area contributed by atoms with Crippen molar-refractivity contribution in [2.75, 3.05) is 11.5 Å². The molecule has 9 heteroatoms. The summed E-state index contributed by atoms with van der Waals surface area (Å²) in [4.78, 5) is 15.8. The lowest BCUT2D eigenvalue weighted by Gasteiger charge is -2.12. The summed E-state index contributed by atoms with van der Waals surface area (Å²) in [7, 11) is -3.11. The van der Waals surface area contributed by atoms with Gasteiger partial charge in [0.25, 0.3) is 11.7 Å². The molecule has 0 radical (unpaired) electrons. The van der Waals surface area contributed by atoms with Gasteiger partial charge >= 0.3 is 0 Å². The molecule has 2 heterocycles. The average molecular weight is 322 g/mol. The molecule has 1 aromatic rings. The van der Waals surface area contributed by atoms with E-state index in [-0.39, 0.29) is 33.9 Å². The van der Waals surface area contributed by atoms with E-state index in [1.54, 1.807) is 0 Å². The number of hydrogen-bond donors (Lipinski definition) is 1. The Balaban J connectivity index is 2.10. The number of pyridine rings is 1. The molecule has 20 heavy (non-hydrogen) atoms. The van der Waals surface area contributed by atoms with E-state index in [1.807, 2.05) is 0 Å². The zero-order valence-corrected chi connectivity index (χ0v) is 11.9. The number of carbonyl (C=O) groups is 1. The molecule has 110 valence electrons. The van der Waals surface area contributed by atoms with Crippen molar-refractivity contribution in [1.82, 2.24) is 10.3 Å². The molecule has 0 aromatic carbocycles. The SMILES string of the molecule is O=C(N[C@H]1CCS(=O)(=O)C1)c1cccnc1SC(F)F. The predicted molar refractivity (Wildman–Crippen MR) is 70.6 cm³/mol. The Bertz CT molecular complexity index is 607. The minimum atomic E-state index is -3.11. The Morgan fingerprint density at radius 3 is 2.85 bits per heavy atom. The van der Waals surface area contributed by atoms with E-state index in [9.17, 15) is 22.0 Å². The molecule has 1 aliphatic rings. The smallest absolute Gasteiger partial charge is 0.290 e. The Kier molecular flexibility index (Phi) is 4.59. The molecule has 1 fully saturated rings. The number of halogens is 2.